The van der Waals surface area contributed by atoms with Crippen molar-refractivity contribution in [1.29, 1.82) is 5.26 Å². The summed E-state index contributed by atoms with van der Waals surface area (Å²) >= 11 is 0. The fourth-order valence-electron chi connectivity index (χ4n) is 1.41. The molecule has 0 amide bonds. The van der Waals surface area contributed by atoms with Gasteiger partial charge in [-0.2, -0.15) is 5.26 Å². The van der Waals surface area contributed by atoms with Crippen LogP contribution in [-0.2, 0) is 0 Å². The van der Waals surface area contributed by atoms with Gasteiger partial charge in [0.1, 0.15) is 0 Å². The molecule has 13 heavy (non-hydrogen) atoms. The highest BCUT2D eigenvalue weighted by Crippen LogP contribution is 2.24. The fourth-order valence-corrected chi connectivity index (χ4v) is 1.41. The number of anilines is 1. The van der Waals surface area contributed by atoms with Gasteiger partial charge in [0.2, 0.25) is 0 Å². The fraction of sp³-hybridized carbons (Fsp3) is 0.300. The second-order valence-electron chi connectivity index (χ2n) is 3.05. The van der Waals surface area contributed by atoms with Crippen molar-refractivity contribution < 1.29 is 0 Å². The lowest BCUT2D eigenvalue weighted by molar-refractivity contribution is 0.745. The molecule has 1 aromatic rings. The third kappa shape index (κ3) is 1.98. The van der Waals surface area contributed by atoms with E-state index in [1.807, 2.05) is 25.1 Å². The first-order chi connectivity index (χ1) is 6.16. The van der Waals surface area contributed by atoms with Crippen molar-refractivity contribution in [3.8, 4) is 6.07 Å². The van der Waals surface area contributed by atoms with Crippen LogP contribution in [-0.4, -0.2) is 0 Å². The van der Waals surface area contributed by atoms with Crippen LogP contribution in [0.4, 0.5) is 5.69 Å². The zero-order valence-electron chi connectivity index (χ0n) is 7.62. The molecule has 1 aromatic carbocycles. The van der Waals surface area contributed by atoms with Crippen LogP contribution in [0.25, 0.3) is 0 Å². The van der Waals surface area contributed by atoms with E-state index in [9.17, 15) is 0 Å². The Hall–Kier alpha value is -1.53. The third-order valence-corrected chi connectivity index (χ3v) is 2.04. The molecule has 3 nitrogen and oxygen atoms in total. The Bertz CT molecular complexity index is 318. The van der Waals surface area contributed by atoms with Gasteiger partial charge < -0.3 is 11.5 Å². The summed E-state index contributed by atoms with van der Waals surface area (Å²) in [6.45, 7) is 1.95. The minimum atomic E-state index is -0.272. The van der Waals surface area contributed by atoms with Crippen LogP contribution in [0.3, 0.4) is 0 Å². The van der Waals surface area contributed by atoms with Gasteiger partial charge >= 0.3 is 0 Å². The van der Waals surface area contributed by atoms with Gasteiger partial charge in [-0.1, -0.05) is 12.1 Å². The van der Waals surface area contributed by atoms with E-state index in [4.69, 9.17) is 16.7 Å². The highest BCUT2D eigenvalue weighted by molar-refractivity contribution is 5.52. The topological polar surface area (TPSA) is 75.8 Å². The lowest BCUT2D eigenvalue weighted by Gasteiger charge is -2.13. The van der Waals surface area contributed by atoms with E-state index in [1.54, 1.807) is 6.07 Å². The molecule has 4 N–H and O–H groups in total. The maximum atomic E-state index is 8.51. The molecule has 0 aliphatic heterocycles. The highest BCUT2D eigenvalue weighted by atomic mass is 14.7. The normalized spacial score (nSPS) is 12.1. The lowest BCUT2D eigenvalue weighted by atomic mass is 9.98. The Morgan fingerprint density at radius 2 is 2.23 bits per heavy atom. The van der Waals surface area contributed by atoms with E-state index < -0.39 is 0 Å². The van der Waals surface area contributed by atoms with Crippen molar-refractivity contribution in [2.75, 3.05) is 5.73 Å². The largest absolute Gasteiger partial charge is 0.398 e. The molecule has 1 unspecified atom stereocenters. The van der Waals surface area contributed by atoms with Crippen molar-refractivity contribution in [2.24, 2.45) is 5.73 Å². The number of benzene rings is 1. The molecule has 1 rings (SSSR count). The smallest absolute Gasteiger partial charge is 0.0641 e. The molecule has 0 fully saturated rings. The summed E-state index contributed by atoms with van der Waals surface area (Å²) in [7, 11) is 0. The molecule has 0 aromatic heterocycles. The Balaban J connectivity index is 3.06. The van der Waals surface area contributed by atoms with E-state index in [-0.39, 0.29) is 6.04 Å². The van der Waals surface area contributed by atoms with E-state index in [0.29, 0.717) is 12.1 Å². The minimum absolute atomic E-state index is 0.272. The summed E-state index contributed by atoms with van der Waals surface area (Å²) in [6, 6.07) is 7.40. The average molecular weight is 175 g/mol. The molecular formula is C10H13N3. The van der Waals surface area contributed by atoms with Crippen LogP contribution in [0.1, 0.15) is 23.6 Å². The first-order valence-corrected chi connectivity index (χ1v) is 4.14. The van der Waals surface area contributed by atoms with Gasteiger partial charge in [-0.05, 0) is 24.1 Å². The molecule has 1 atom stereocenters. The molecule has 0 bridgehead atoms. The number of nitrogens with two attached hydrogens (primary N) is 2. The number of nitrogen functional groups attached to an aromatic ring is 1. The second kappa shape index (κ2) is 3.92. The summed E-state index contributed by atoms with van der Waals surface area (Å²) in [4.78, 5) is 0. The average Bonchev–Trinajstić information content (AvgIpc) is 2.04. The SMILES string of the molecule is Cc1cccc(N)c1C(N)CC#N. The summed E-state index contributed by atoms with van der Waals surface area (Å²) in [5.41, 5.74) is 14.2. The Morgan fingerprint density at radius 3 is 2.77 bits per heavy atom. The molecule has 0 saturated carbocycles. The van der Waals surface area contributed by atoms with Crippen LogP contribution in [0, 0.1) is 18.3 Å². The number of rotatable bonds is 2. The standard InChI is InChI=1S/C10H13N3/c1-7-3-2-4-8(12)10(7)9(13)5-6-11/h2-4,9H,5,12-13H2,1H3. The monoisotopic (exact) mass is 175 g/mol. The maximum Gasteiger partial charge on any atom is 0.0641 e. The van der Waals surface area contributed by atoms with Gasteiger partial charge in [-0.15, -0.1) is 0 Å². The number of hydrogen-bond acceptors (Lipinski definition) is 3. The van der Waals surface area contributed by atoms with Crippen LogP contribution >= 0.6 is 0 Å². The number of aryl methyl sites for hydroxylation is 1. The number of hydrogen-bond donors (Lipinski definition) is 2. The van der Waals surface area contributed by atoms with E-state index in [0.717, 1.165) is 11.1 Å². The van der Waals surface area contributed by atoms with Crippen molar-refractivity contribution in [1.82, 2.24) is 0 Å². The van der Waals surface area contributed by atoms with Gasteiger partial charge in [0.25, 0.3) is 0 Å². The predicted molar refractivity (Wildman–Crippen MR) is 52.7 cm³/mol. The minimum Gasteiger partial charge on any atom is -0.398 e. The molecule has 0 saturated heterocycles. The molecular weight excluding hydrogens is 162 g/mol. The Kier molecular flexibility index (Phi) is 2.88. The van der Waals surface area contributed by atoms with Gasteiger partial charge in [0, 0.05) is 11.7 Å². The van der Waals surface area contributed by atoms with E-state index >= 15 is 0 Å². The van der Waals surface area contributed by atoms with Crippen LogP contribution in [0.5, 0.6) is 0 Å². The van der Waals surface area contributed by atoms with Crippen molar-refractivity contribution in [3.05, 3.63) is 29.3 Å². The van der Waals surface area contributed by atoms with Crippen LogP contribution in [0.2, 0.25) is 0 Å². The number of nitriles is 1. The molecule has 68 valence electrons. The van der Waals surface area contributed by atoms with Crippen LogP contribution < -0.4 is 11.5 Å². The first kappa shape index (κ1) is 9.56. The summed E-state index contributed by atoms with van der Waals surface area (Å²) < 4.78 is 0. The Labute approximate surface area is 78.0 Å². The second-order valence-corrected chi connectivity index (χ2v) is 3.05. The van der Waals surface area contributed by atoms with Crippen molar-refractivity contribution in [2.45, 2.75) is 19.4 Å². The van der Waals surface area contributed by atoms with Gasteiger partial charge in [-0.25, -0.2) is 0 Å². The Morgan fingerprint density at radius 1 is 1.54 bits per heavy atom. The lowest BCUT2D eigenvalue weighted by Crippen LogP contribution is -2.13. The summed E-state index contributed by atoms with van der Waals surface area (Å²) in [5.74, 6) is 0. The van der Waals surface area contributed by atoms with E-state index in [2.05, 4.69) is 0 Å². The molecule has 0 aliphatic carbocycles. The van der Waals surface area contributed by atoms with Crippen molar-refractivity contribution >= 4 is 5.69 Å². The predicted octanol–water partition coefficient (Wildman–Crippen LogP) is 1.49. The summed E-state index contributed by atoms with van der Waals surface area (Å²) in [5, 5.41) is 8.51. The number of nitrogens with zero attached hydrogens (tertiary/aromatic N) is 1. The molecule has 0 heterocycles. The summed E-state index contributed by atoms with van der Waals surface area (Å²) in [6.07, 6.45) is 0.301. The molecule has 0 radical (unpaired) electrons. The maximum absolute atomic E-state index is 8.51. The van der Waals surface area contributed by atoms with Gasteiger partial charge in [-0.3, -0.25) is 0 Å². The molecule has 0 aliphatic rings. The third-order valence-electron chi connectivity index (χ3n) is 2.04. The first-order valence-electron chi connectivity index (χ1n) is 4.14. The van der Waals surface area contributed by atoms with Gasteiger partial charge in [0.15, 0.2) is 0 Å². The van der Waals surface area contributed by atoms with Gasteiger partial charge in [0.05, 0.1) is 12.5 Å². The van der Waals surface area contributed by atoms with Crippen molar-refractivity contribution in [3.63, 3.8) is 0 Å². The van der Waals surface area contributed by atoms with E-state index in [1.165, 1.54) is 0 Å². The highest BCUT2D eigenvalue weighted by Gasteiger charge is 2.10. The molecule has 3 heteroatoms. The zero-order chi connectivity index (χ0) is 9.84. The van der Waals surface area contributed by atoms with Crippen LogP contribution in [0.15, 0.2) is 18.2 Å². The quantitative estimate of drug-likeness (QED) is 0.668. The zero-order valence-corrected chi connectivity index (χ0v) is 7.62. The molecule has 0 spiro atoms.